The van der Waals surface area contributed by atoms with Crippen molar-refractivity contribution in [3.8, 4) is 0 Å². The Balaban J connectivity index is 2.17. The van der Waals surface area contributed by atoms with E-state index in [9.17, 15) is 9.59 Å². The Morgan fingerprint density at radius 3 is 2.33 bits per heavy atom. The minimum Gasteiger partial charge on any atom is -0.338 e. The summed E-state index contributed by atoms with van der Waals surface area (Å²) in [7, 11) is 0. The number of amides is 2. The fourth-order valence-electron chi connectivity index (χ4n) is 1.89. The Hall–Kier alpha value is -1.49. The molecule has 1 aromatic carbocycles. The second-order valence-electron chi connectivity index (χ2n) is 4.92. The molecule has 0 saturated carbocycles. The lowest BCUT2D eigenvalue weighted by Gasteiger charge is -2.08. The molecule has 116 valence electrons. The minimum absolute atomic E-state index is 0.0208. The van der Waals surface area contributed by atoms with Gasteiger partial charge in [-0.3, -0.25) is 4.79 Å². The fraction of sp³-hybridized carbons (Fsp3) is 0.500. The highest BCUT2D eigenvalue weighted by Gasteiger charge is 2.02. The van der Waals surface area contributed by atoms with Crippen LogP contribution in [-0.2, 0) is 0 Å². The second kappa shape index (κ2) is 10.3. The third kappa shape index (κ3) is 7.75. The van der Waals surface area contributed by atoms with E-state index in [1.165, 1.54) is 25.5 Å². The van der Waals surface area contributed by atoms with E-state index in [0.29, 0.717) is 17.8 Å². The number of unbranched alkanes of at least 4 members (excludes halogenated alkanes) is 3. The Morgan fingerprint density at radius 1 is 1.05 bits per heavy atom. The maximum atomic E-state index is 11.7. The van der Waals surface area contributed by atoms with Crippen LogP contribution in [0, 0.1) is 0 Å². The van der Waals surface area contributed by atoms with Crippen molar-refractivity contribution in [1.29, 1.82) is 0 Å². The van der Waals surface area contributed by atoms with Crippen LogP contribution in [0.15, 0.2) is 24.3 Å². The molecule has 4 nitrogen and oxygen atoms in total. The van der Waals surface area contributed by atoms with E-state index in [0.717, 1.165) is 12.8 Å². The van der Waals surface area contributed by atoms with Gasteiger partial charge in [0.15, 0.2) is 5.78 Å². The number of Topliss-reactive ketones (excluding diaryl/α,β-unsaturated/α-hetero) is 1. The molecule has 5 heteroatoms. The standard InChI is InChI=1S/C16H24N2O2S/c1-13(19)14-7-9-15(10-8-14)18-16(20)17-11-5-3-4-6-12-21-2/h7-10H,3-6,11-12H2,1-2H3,(H2,17,18,20). The third-order valence-corrected chi connectivity index (χ3v) is 3.81. The molecule has 0 saturated heterocycles. The average Bonchev–Trinajstić information content (AvgIpc) is 2.47. The highest BCUT2D eigenvalue weighted by Crippen LogP contribution is 2.10. The molecule has 2 amide bonds. The molecule has 0 radical (unpaired) electrons. The first-order chi connectivity index (χ1) is 10.1. The van der Waals surface area contributed by atoms with Crippen molar-refractivity contribution in [3.05, 3.63) is 29.8 Å². The quantitative estimate of drug-likeness (QED) is 0.537. The van der Waals surface area contributed by atoms with Crippen LogP contribution < -0.4 is 10.6 Å². The number of anilines is 1. The van der Waals surface area contributed by atoms with E-state index in [-0.39, 0.29) is 11.8 Å². The lowest BCUT2D eigenvalue weighted by Crippen LogP contribution is -2.29. The normalized spacial score (nSPS) is 10.2. The summed E-state index contributed by atoms with van der Waals surface area (Å²) in [5.41, 5.74) is 1.34. The number of hydrogen-bond donors (Lipinski definition) is 2. The van der Waals surface area contributed by atoms with Gasteiger partial charge in [-0.2, -0.15) is 11.8 Å². The lowest BCUT2D eigenvalue weighted by molar-refractivity contribution is 0.101. The predicted molar refractivity (Wildman–Crippen MR) is 90.3 cm³/mol. The zero-order chi connectivity index (χ0) is 15.5. The zero-order valence-corrected chi connectivity index (χ0v) is 13.6. The van der Waals surface area contributed by atoms with Crippen LogP contribution in [0.25, 0.3) is 0 Å². The van der Waals surface area contributed by atoms with Crippen molar-refractivity contribution in [3.63, 3.8) is 0 Å². The Morgan fingerprint density at radius 2 is 1.71 bits per heavy atom. The zero-order valence-electron chi connectivity index (χ0n) is 12.8. The number of carbonyl (C=O) groups is 2. The number of nitrogens with one attached hydrogen (secondary N) is 2. The summed E-state index contributed by atoms with van der Waals surface area (Å²) in [5, 5.41) is 5.59. The van der Waals surface area contributed by atoms with Gasteiger partial charge in [0.2, 0.25) is 0 Å². The lowest BCUT2D eigenvalue weighted by atomic mass is 10.1. The molecule has 0 heterocycles. The molecule has 1 rings (SSSR count). The molecule has 0 fully saturated rings. The molecule has 0 aliphatic rings. The molecule has 21 heavy (non-hydrogen) atoms. The Labute approximate surface area is 131 Å². The van der Waals surface area contributed by atoms with Gasteiger partial charge < -0.3 is 10.6 Å². The number of benzene rings is 1. The maximum absolute atomic E-state index is 11.7. The van der Waals surface area contributed by atoms with Gasteiger partial charge in [0, 0.05) is 17.8 Å². The van der Waals surface area contributed by atoms with E-state index in [1.807, 2.05) is 11.8 Å². The van der Waals surface area contributed by atoms with Gasteiger partial charge in [0.05, 0.1) is 0 Å². The van der Waals surface area contributed by atoms with Gasteiger partial charge in [-0.15, -0.1) is 0 Å². The maximum Gasteiger partial charge on any atom is 0.319 e. The van der Waals surface area contributed by atoms with Crippen molar-refractivity contribution in [1.82, 2.24) is 5.32 Å². The largest absolute Gasteiger partial charge is 0.338 e. The SMILES string of the molecule is CSCCCCCCNC(=O)Nc1ccc(C(C)=O)cc1. The fourth-order valence-corrected chi connectivity index (χ4v) is 2.38. The molecule has 0 aliphatic carbocycles. The highest BCUT2D eigenvalue weighted by atomic mass is 32.2. The monoisotopic (exact) mass is 308 g/mol. The van der Waals surface area contributed by atoms with E-state index < -0.39 is 0 Å². The number of urea groups is 1. The topological polar surface area (TPSA) is 58.2 Å². The Kier molecular flexibility index (Phi) is 8.59. The van der Waals surface area contributed by atoms with E-state index in [1.54, 1.807) is 24.3 Å². The predicted octanol–water partition coefficient (Wildman–Crippen LogP) is 3.93. The molecular weight excluding hydrogens is 284 g/mol. The molecule has 0 aromatic heterocycles. The average molecular weight is 308 g/mol. The van der Waals surface area contributed by atoms with E-state index >= 15 is 0 Å². The summed E-state index contributed by atoms with van der Waals surface area (Å²) < 4.78 is 0. The van der Waals surface area contributed by atoms with Crippen molar-refractivity contribution in [2.24, 2.45) is 0 Å². The van der Waals surface area contributed by atoms with Crippen LogP contribution >= 0.6 is 11.8 Å². The van der Waals surface area contributed by atoms with Crippen LogP contribution in [0.3, 0.4) is 0 Å². The summed E-state index contributed by atoms with van der Waals surface area (Å²) in [6, 6.07) is 6.69. The first-order valence-electron chi connectivity index (χ1n) is 7.28. The molecule has 0 bridgehead atoms. The minimum atomic E-state index is -0.199. The summed E-state index contributed by atoms with van der Waals surface area (Å²) in [6.45, 7) is 2.21. The summed E-state index contributed by atoms with van der Waals surface area (Å²) in [6.07, 6.45) is 6.74. The van der Waals surface area contributed by atoms with Gasteiger partial charge >= 0.3 is 6.03 Å². The van der Waals surface area contributed by atoms with Crippen molar-refractivity contribution in [2.45, 2.75) is 32.6 Å². The van der Waals surface area contributed by atoms with Gasteiger partial charge in [-0.25, -0.2) is 4.79 Å². The smallest absolute Gasteiger partial charge is 0.319 e. The summed E-state index contributed by atoms with van der Waals surface area (Å²) in [4.78, 5) is 22.8. The van der Waals surface area contributed by atoms with E-state index in [2.05, 4.69) is 16.9 Å². The molecular formula is C16H24N2O2S. The van der Waals surface area contributed by atoms with Crippen LogP contribution in [0.2, 0.25) is 0 Å². The summed E-state index contributed by atoms with van der Waals surface area (Å²) >= 11 is 1.87. The van der Waals surface area contributed by atoms with Crippen LogP contribution in [0.1, 0.15) is 43.0 Å². The van der Waals surface area contributed by atoms with Gasteiger partial charge in [-0.1, -0.05) is 12.8 Å². The number of rotatable bonds is 9. The molecule has 1 aromatic rings. The number of carbonyl (C=O) groups excluding carboxylic acids is 2. The second-order valence-corrected chi connectivity index (χ2v) is 5.91. The number of ketones is 1. The third-order valence-electron chi connectivity index (χ3n) is 3.11. The van der Waals surface area contributed by atoms with Crippen molar-refractivity contribution >= 4 is 29.3 Å². The molecule has 0 unspecified atom stereocenters. The summed E-state index contributed by atoms with van der Waals surface area (Å²) in [5.74, 6) is 1.23. The first-order valence-corrected chi connectivity index (χ1v) is 8.67. The van der Waals surface area contributed by atoms with Gasteiger partial charge in [0.25, 0.3) is 0 Å². The van der Waals surface area contributed by atoms with Gasteiger partial charge in [0.1, 0.15) is 0 Å². The molecule has 0 spiro atoms. The molecule has 0 aliphatic heterocycles. The first kappa shape index (κ1) is 17.6. The van der Waals surface area contributed by atoms with E-state index in [4.69, 9.17) is 0 Å². The molecule has 2 N–H and O–H groups in total. The Bertz CT molecular complexity index is 446. The highest BCUT2D eigenvalue weighted by molar-refractivity contribution is 7.98. The van der Waals surface area contributed by atoms with Crippen molar-refractivity contribution in [2.75, 3.05) is 23.9 Å². The van der Waals surface area contributed by atoms with Crippen molar-refractivity contribution < 1.29 is 9.59 Å². The molecule has 0 atom stereocenters. The number of hydrogen-bond acceptors (Lipinski definition) is 3. The number of thioether (sulfide) groups is 1. The van der Waals surface area contributed by atoms with Crippen LogP contribution in [0.4, 0.5) is 10.5 Å². The van der Waals surface area contributed by atoms with Crippen LogP contribution in [0.5, 0.6) is 0 Å². The van der Waals surface area contributed by atoms with Crippen LogP contribution in [-0.4, -0.2) is 30.4 Å². The van der Waals surface area contributed by atoms with Gasteiger partial charge in [-0.05, 0) is 56.0 Å².